The Morgan fingerprint density at radius 3 is 2.55 bits per heavy atom. The van der Waals surface area contributed by atoms with Crippen molar-refractivity contribution in [2.24, 2.45) is 0 Å². The molecule has 5 aromatic rings. The number of rotatable bonds is 7. The zero-order chi connectivity index (χ0) is 29.4. The number of anilines is 2. The Bertz CT molecular complexity index is 1790. The summed E-state index contributed by atoms with van der Waals surface area (Å²) in [6.07, 6.45) is 2.50. The van der Waals surface area contributed by atoms with Crippen LogP contribution in [0.15, 0.2) is 66.9 Å². The van der Waals surface area contributed by atoms with Crippen LogP contribution in [-0.2, 0) is 6.54 Å². The number of hydrogen-bond acceptors (Lipinski definition) is 8. The molecule has 214 valence electrons. The summed E-state index contributed by atoms with van der Waals surface area (Å²) in [6.45, 7) is 7.94. The van der Waals surface area contributed by atoms with Gasteiger partial charge in [0, 0.05) is 48.2 Å². The lowest BCUT2D eigenvalue weighted by Crippen LogP contribution is -2.29. The van der Waals surface area contributed by atoms with Crippen LogP contribution in [0.25, 0.3) is 33.4 Å². The van der Waals surface area contributed by atoms with Crippen LogP contribution in [0.4, 0.5) is 11.5 Å². The van der Waals surface area contributed by atoms with Crippen molar-refractivity contribution in [1.82, 2.24) is 24.8 Å². The lowest BCUT2D eigenvalue weighted by molar-refractivity contribution is 0.0677. The first-order chi connectivity index (χ1) is 20.2. The Hall–Kier alpha value is -4.11. The van der Waals surface area contributed by atoms with Crippen molar-refractivity contribution in [3.8, 4) is 28.3 Å². The number of aromatic nitrogens is 4. The van der Waals surface area contributed by atoms with Crippen LogP contribution in [-0.4, -0.2) is 55.7 Å². The molecule has 6 rings (SSSR count). The molecule has 8 nitrogen and oxygen atoms in total. The molecular formula is C33H33ClN6O2. The van der Waals surface area contributed by atoms with E-state index in [4.69, 9.17) is 21.3 Å². The molecule has 0 amide bonds. The number of β-amino-alcohol motifs (C(OH)–C–C–N with tert-alkyl or cyclic N) is 1. The Labute approximate surface area is 250 Å². The molecule has 0 aliphatic carbocycles. The molecule has 0 spiro atoms. The maximum Gasteiger partial charge on any atom is 0.218 e. The van der Waals surface area contributed by atoms with Gasteiger partial charge in [-0.1, -0.05) is 48.0 Å². The van der Waals surface area contributed by atoms with Gasteiger partial charge in [-0.25, -0.2) is 15.0 Å². The number of likely N-dealkylation sites (tertiary alicyclic amines) is 1. The van der Waals surface area contributed by atoms with E-state index in [0.29, 0.717) is 41.2 Å². The zero-order valence-electron chi connectivity index (χ0n) is 24.1. The van der Waals surface area contributed by atoms with Gasteiger partial charge in [-0.05, 0) is 62.6 Å². The van der Waals surface area contributed by atoms with Gasteiger partial charge < -0.3 is 15.2 Å². The van der Waals surface area contributed by atoms with Gasteiger partial charge in [0.2, 0.25) is 5.88 Å². The summed E-state index contributed by atoms with van der Waals surface area (Å²) in [6, 6.07) is 19.9. The predicted molar refractivity (Wildman–Crippen MR) is 167 cm³/mol. The van der Waals surface area contributed by atoms with E-state index in [9.17, 15) is 5.11 Å². The fourth-order valence-electron chi connectivity index (χ4n) is 5.63. The summed E-state index contributed by atoms with van der Waals surface area (Å²) in [7, 11) is 1.63. The molecule has 1 aliphatic rings. The number of aryl methyl sites for hydroxylation is 1. The highest BCUT2D eigenvalue weighted by molar-refractivity contribution is 6.36. The molecule has 3 aromatic heterocycles. The molecule has 1 fully saturated rings. The van der Waals surface area contributed by atoms with Gasteiger partial charge in [0.25, 0.3) is 0 Å². The second-order valence-electron chi connectivity index (χ2n) is 11.1. The largest absolute Gasteiger partial charge is 0.481 e. The number of benzene rings is 2. The van der Waals surface area contributed by atoms with Crippen molar-refractivity contribution < 1.29 is 9.84 Å². The van der Waals surface area contributed by atoms with Crippen molar-refractivity contribution in [3.63, 3.8) is 0 Å². The number of pyridine rings is 2. The summed E-state index contributed by atoms with van der Waals surface area (Å²) in [4.78, 5) is 20.7. The number of aliphatic hydroxyl groups is 1. The fraction of sp³-hybridized carbons (Fsp3) is 0.273. The second-order valence-corrected chi connectivity index (χ2v) is 11.5. The Morgan fingerprint density at radius 2 is 1.76 bits per heavy atom. The van der Waals surface area contributed by atoms with Gasteiger partial charge in [-0.2, -0.15) is 0 Å². The minimum atomic E-state index is -0.655. The van der Waals surface area contributed by atoms with Crippen LogP contribution in [0, 0.1) is 13.8 Å². The highest BCUT2D eigenvalue weighted by Crippen LogP contribution is 2.40. The second kappa shape index (κ2) is 11.3. The Balaban J connectivity index is 1.32. The van der Waals surface area contributed by atoms with Crippen LogP contribution in [0.2, 0.25) is 5.02 Å². The number of ether oxygens (including phenoxy) is 1. The van der Waals surface area contributed by atoms with Crippen LogP contribution < -0.4 is 10.1 Å². The lowest BCUT2D eigenvalue weighted by atomic mass is 9.96. The normalized spacial score (nSPS) is 17.1. The number of methoxy groups -OCH3 is 1. The smallest absolute Gasteiger partial charge is 0.218 e. The van der Waals surface area contributed by atoms with E-state index >= 15 is 0 Å². The van der Waals surface area contributed by atoms with Crippen molar-refractivity contribution in [2.45, 2.75) is 39.3 Å². The lowest BCUT2D eigenvalue weighted by Gasteiger charge is -2.20. The van der Waals surface area contributed by atoms with Gasteiger partial charge in [0.05, 0.1) is 28.9 Å². The third kappa shape index (κ3) is 5.53. The Morgan fingerprint density at radius 1 is 0.976 bits per heavy atom. The first-order valence-electron chi connectivity index (χ1n) is 14.0. The summed E-state index contributed by atoms with van der Waals surface area (Å²) in [5.41, 5.74) is 7.22. The van der Waals surface area contributed by atoms with E-state index in [-0.39, 0.29) is 0 Å². The molecule has 1 atom stereocenters. The van der Waals surface area contributed by atoms with Crippen molar-refractivity contribution in [2.75, 3.05) is 25.5 Å². The van der Waals surface area contributed by atoms with Crippen LogP contribution >= 0.6 is 11.6 Å². The zero-order valence-corrected chi connectivity index (χ0v) is 24.9. The average molecular weight is 581 g/mol. The molecule has 42 heavy (non-hydrogen) atoms. The number of nitrogens with one attached hydrogen (secondary N) is 1. The molecule has 9 heteroatoms. The highest BCUT2D eigenvalue weighted by atomic mass is 35.5. The van der Waals surface area contributed by atoms with E-state index in [1.54, 1.807) is 13.3 Å². The van der Waals surface area contributed by atoms with Crippen LogP contribution in [0.5, 0.6) is 5.88 Å². The summed E-state index contributed by atoms with van der Waals surface area (Å²) in [5, 5.41) is 14.5. The third-order valence-corrected chi connectivity index (χ3v) is 8.18. The molecule has 1 aliphatic heterocycles. The Kier molecular flexibility index (Phi) is 7.53. The van der Waals surface area contributed by atoms with Crippen molar-refractivity contribution in [1.29, 1.82) is 0 Å². The third-order valence-electron chi connectivity index (χ3n) is 7.78. The number of hydrogen-bond donors (Lipinski definition) is 2. The fourth-order valence-corrected chi connectivity index (χ4v) is 5.95. The number of fused-ring (bicyclic) bond motifs is 1. The summed E-state index contributed by atoms with van der Waals surface area (Å²) >= 11 is 7.10. The first kappa shape index (κ1) is 28.0. The minimum absolute atomic E-state index is 0.559. The van der Waals surface area contributed by atoms with E-state index in [1.807, 2.05) is 68.4 Å². The molecule has 4 heterocycles. The molecular weight excluding hydrogens is 548 g/mol. The van der Waals surface area contributed by atoms with E-state index in [1.165, 1.54) is 0 Å². The summed E-state index contributed by atoms with van der Waals surface area (Å²) in [5.74, 6) is 1.89. The van der Waals surface area contributed by atoms with Gasteiger partial charge in [0.1, 0.15) is 11.3 Å². The standard InChI is InChI=1S/C33H33ClN6O2/c1-20-23(8-6-11-26(20)38-31-30-28(12-7-16-35-30)36-21(2)37-31)24-9-5-10-25(29(24)34)27-14-13-22(32(39-27)42-4)18-40-17-15-33(3,41)19-40/h5-14,16,41H,15,17-19H2,1-4H3,(H,36,37,38). The van der Waals surface area contributed by atoms with Gasteiger partial charge in [0.15, 0.2) is 5.82 Å². The van der Waals surface area contributed by atoms with Crippen LogP contribution in [0.1, 0.15) is 30.3 Å². The maximum atomic E-state index is 10.4. The maximum absolute atomic E-state index is 10.4. The van der Waals surface area contributed by atoms with Gasteiger partial charge >= 0.3 is 0 Å². The first-order valence-corrected chi connectivity index (χ1v) is 14.3. The molecule has 2 N–H and O–H groups in total. The quantitative estimate of drug-likeness (QED) is 0.219. The molecule has 0 radical (unpaired) electrons. The average Bonchev–Trinajstić information content (AvgIpc) is 3.32. The van der Waals surface area contributed by atoms with Crippen molar-refractivity contribution >= 4 is 34.1 Å². The monoisotopic (exact) mass is 580 g/mol. The van der Waals surface area contributed by atoms with E-state index in [0.717, 1.165) is 57.7 Å². The number of halogens is 1. The molecule has 1 saturated heterocycles. The molecule has 1 unspecified atom stereocenters. The minimum Gasteiger partial charge on any atom is -0.481 e. The highest BCUT2D eigenvalue weighted by Gasteiger charge is 2.31. The van der Waals surface area contributed by atoms with Gasteiger partial charge in [-0.15, -0.1) is 0 Å². The SMILES string of the molecule is COc1nc(-c2cccc(-c3cccc(Nc4nc(C)nc5cccnc45)c3C)c2Cl)ccc1CN1CCC(C)(O)C1. The van der Waals surface area contributed by atoms with Gasteiger partial charge in [-0.3, -0.25) is 9.88 Å². The van der Waals surface area contributed by atoms with Crippen molar-refractivity contribution in [3.05, 3.63) is 88.8 Å². The molecule has 0 bridgehead atoms. The van der Waals surface area contributed by atoms with E-state index in [2.05, 4.69) is 38.2 Å². The topological polar surface area (TPSA) is 96.3 Å². The summed E-state index contributed by atoms with van der Waals surface area (Å²) < 4.78 is 5.69. The predicted octanol–water partition coefficient (Wildman–Crippen LogP) is 6.73. The van der Waals surface area contributed by atoms with E-state index < -0.39 is 5.60 Å². The molecule has 2 aromatic carbocycles. The number of nitrogens with zero attached hydrogens (tertiary/aromatic N) is 5. The molecule has 0 saturated carbocycles. The van der Waals surface area contributed by atoms with Crippen LogP contribution in [0.3, 0.4) is 0 Å².